The van der Waals surface area contributed by atoms with Crippen LogP contribution in [0.1, 0.15) is 19.0 Å². The lowest BCUT2D eigenvalue weighted by molar-refractivity contribution is 0.255. The molecule has 1 aromatic heterocycles. The Hall–Kier alpha value is -2.08. The number of rotatable bonds is 8. The quantitative estimate of drug-likeness (QED) is 0.792. The number of aromatic nitrogens is 3. The van der Waals surface area contributed by atoms with E-state index in [1.807, 2.05) is 30.5 Å². The van der Waals surface area contributed by atoms with Crippen LogP contribution in [0.15, 0.2) is 30.5 Å². The van der Waals surface area contributed by atoms with Gasteiger partial charge in [-0.25, -0.2) is 4.68 Å². The fraction of sp³-hybridized carbons (Fsp3) is 0.429. The van der Waals surface area contributed by atoms with Crippen molar-refractivity contribution in [1.29, 1.82) is 0 Å². The van der Waals surface area contributed by atoms with Gasteiger partial charge in [-0.3, -0.25) is 0 Å². The standard InChI is InChI=1S/C14H20N4O2/c1-2-8-19-13-5-3-4-6-14(13)20-9-7-18-11-12(10-15)16-17-18/h3-6,11H,2,7-10,15H2,1H3. The summed E-state index contributed by atoms with van der Waals surface area (Å²) in [6.07, 6.45) is 2.79. The zero-order chi connectivity index (χ0) is 14.2. The van der Waals surface area contributed by atoms with Gasteiger partial charge in [0.15, 0.2) is 11.5 Å². The molecule has 0 aliphatic heterocycles. The van der Waals surface area contributed by atoms with E-state index in [0.717, 1.165) is 23.6 Å². The normalized spacial score (nSPS) is 10.5. The van der Waals surface area contributed by atoms with Gasteiger partial charge in [-0.05, 0) is 18.6 Å². The van der Waals surface area contributed by atoms with Crippen molar-refractivity contribution in [3.63, 3.8) is 0 Å². The van der Waals surface area contributed by atoms with Crippen LogP contribution in [0.2, 0.25) is 0 Å². The molecule has 1 aromatic carbocycles. The second-order valence-electron chi connectivity index (χ2n) is 4.32. The van der Waals surface area contributed by atoms with Gasteiger partial charge in [-0.1, -0.05) is 24.3 Å². The molecule has 0 unspecified atom stereocenters. The van der Waals surface area contributed by atoms with Crippen LogP contribution in [0.3, 0.4) is 0 Å². The Kier molecular flexibility index (Phi) is 5.37. The molecule has 0 aliphatic rings. The van der Waals surface area contributed by atoms with E-state index >= 15 is 0 Å². The minimum atomic E-state index is 0.397. The summed E-state index contributed by atoms with van der Waals surface area (Å²) in [7, 11) is 0. The molecule has 108 valence electrons. The second-order valence-corrected chi connectivity index (χ2v) is 4.32. The van der Waals surface area contributed by atoms with Gasteiger partial charge >= 0.3 is 0 Å². The number of ether oxygens (including phenoxy) is 2. The molecule has 2 N–H and O–H groups in total. The van der Waals surface area contributed by atoms with E-state index in [2.05, 4.69) is 17.2 Å². The van der Waals surface area contributed by atoms with Crippen molar-refractivity contribution in [2.24, 2.45) is 5.73 Å². The number of para-hydroxylation sites is 2. The smallest absolute Gasteiger partial charge is 0.161 e. The molecule has 6 heteroatoms. The minimum absolute atomic E-state index is 0.397. The van der Waals surface area contributed by atoms with E-state index < -0.39 is 0 Å². The molecule has 2 aromatic rings. The zero-order valence-corrected chi connectivity index (χ0v) is 11.7. The van der Waals surface area contributed by atoms with Crippen LogP contribution in [0.4, 0.5) is 0 Å². The Morgan fingerprint density at radius 1 is 1.15 bits per heavy atom. The molecule has 0 aliphatic carbocycles. The van der Waals surface area contributed by atoms with Gasteiger partial charge in [0.1, 0.15) is 6.61 Å². The lowest BCUT2D eigenvalue weighted by Crippen LogP contribution is -2.09. The van der Waals surface area contributed by atoms with Crippen molar-refractivity contribution < 1.29 is 9.47 Å². The van der Waals surface area contributed by atoms with E-state index in [-0.39, 0.29) is 0 Å². The fourth-order valence-corrected chi connectivity index (χ4v) is 1.69. The summed E-state index contributed by atoms with van der Waals surface area (Å²) in [6, 6.07) is 7.67. The molecule has 0 bridgehead atoms. The Labute approximate surface area is 118 Å². The second kappa shape index (κ2) is 7.49. The first-order chi connectivity index (χ1) is 9.83. The third-order valence-corrected chi connectivity index (χ3v) is 2.68. The summed E-state index contributed by atoms with van der Waals surface area (Å²) in [6.45, 7) is 4.27. The first kappa shape index (κ1) is 14.3. The number of nitrogens with zero attached hydrogens (tertiary/aromatic N) is 3. The van der Waals surface area contributed by atoms with Crippen LogP contribution in [0, 0.1) is 0 Å². The highest BCUT2D eigenvalue weighted by atomic mass is 16.5. The molecule has 2 rings (SSSR count). The molecular weight excluding hydrogens is 256 g/mol. The highest BCUT2D eigenvalue weighted by Gasteiger charge is 2.04. The van der Waals surface area contributed by atoms with Crippen LogP contribution in [-0.4, -0.2) is 28.2 Å². The summed E-state index contributed by atoms with van der Waals surface area (Å²) < 4.78 is 13.1. The molecule has 0 fully saturated rings. The third-order valence-electron chi connectivity index (χ3n) is 2.68. The van der Waals surface area contributed by atoms with E-state index in [9.17, 15) is 0 Å². The number of nitrogens with two attached hydrogens (primary N) is 1. The number of benzene rings is 1. The lowest BCUT2D eigenvalue weighted by Gasteiger charge is -2.11. The SMILES string of the molecule is CCCOc1ccccc1OCCn1cc(CN)nn1. The molecule has 0 amide bonds. The molecule has 6 nitrogen and oxygen atoms in total. The summed E-state index contributed by atoms with van der Waals surface area (Å²) in [5, 5.41) is 7.89. The molecule has 1 heterocycles. The van der Waals surface area contributed by atoms with Crippen LogP contribution >= 0.6 is 0 Å². The third kappa shape index (κ3) is 3.96. The van der Waals surface area contributed by atoms with Crippen molar-refractivity contribution in [1.82, 2.24) is 15.0 Å². The predicted molar refractivity (Wildman–Crippen MR) is 75.6 cm³/mol. The van der Waals surface area contributed by atoms with Crippen molar-refractivity contribution >= 4 is 0 Å². The molecule has 0 saturated heterocycles. The van der Waals surface area contributed by atoms with Crippen LogP contribution in [0.5, 0.6) is 11.5 Å². The predicted octanol–water partition coefficient (Wildman–Crippen LogP) is 1.60. The van der Waals surface area contributed by atoms with Gasteiger partial charge in [0.2, 0.25) is 0 Å². The average molecular weight is 276 g/mol. The monoisotopic (exact) mass is 276 g/mol. The molecular formula is C14H20N4O2. The van der Waals surface area contributed by atoms with E-state index in [1.54, 1.807) is 4.68 Å². The average Bonchev–Trinajstić information content (AvgIpc) is 2.94. The maximum absolute atomic E-state index is 5.74. The highest BCUT2D eigenvalue weighted by Crippen LogP contribution is 2.26. The van der Waals surface area contributed by atoms with Gasteiger partial charge < -0.3 is 15.2 Å². The van der Waals surface area contributed by atoms with E-state index in [1.165, 1.54) is 0 Å². The largest absolute Gasteiger partial charge is 0.490 e. The first-order valence-corrected chi connectivity index (χ1v) is 6.77. The minimum Gasteiger partial charge on any atom is -0.490 e. The number of hydrogen-bond donors (Lipinski definition) is 1. The van der Waals surface area contributed by atoms with Crippen LogP contribution in [-0.2, 0) is 13.1 Å². The summed E-state index contributed by atoms with van der Waals surface area (Å²) in [4.78, 5) is 0. The topological polar surface area (TPSA) is 75.2 Å². The molecule has 0 saturated carbocycles. The van der Waals surface area contributed by atoms with E-state index in [4.69, 9.17) is 15.2 Å². The van der Waals surface area contributed by atoms with Crippen molar-refractivity contribution in [2.45, 2.75) is 26.4 Å². The van der Waals surface area contributed by atoms with Crippen molar-refractivity contribution in [3.05, 3.63) is 36.2 Å². The zero-order valence-electron chi connectivity index (χ0n) is 11.7. The first-order valence-electron chi connectivity index (χ1n) is 6.77. The maximum atomic E-state index is 5.74. The van der Waals surface area contributed by atoms with Crippen molar-refractivity contribution in [2.75, 3.05) is 13.2 Å². The Balaban J connectivity index is 1.87. The Morgan fingerprint density at radius 2 is 1.85 bits per heavy atom. The molecule has 0 radical (unpaired) electrons. The maximum Gasteiger partial charge on any atom is 0.161 e. The summed E-state index contributed by atoms with van der Waals surface area (Å²) >= 11 is 0. The summed E-state index contributed by atoms with van der Waals surface area (Å²) in [5.74, 6) is 1.52. The van der Waals surface area contributed by atoms with E-state index in [0.29, 0.717) is 26.3 Å². The van der Waals surface area contributed by atoms with Gasteiger partial charge in [-0.15, -0.1) is 5.10 Å². The fourth-order valence-electron chi connectivity index (χ4n) is 1.69. The number of hydrogen-bond acceptors (Lipinski definition) is 5. The lowest BCUT2D eigenvalue weighted by atomic mass is 10.3. The van der Waals surface area contributed by atoms with Gasteiger partial charge in [0.25, 0.3) is 0 Å². The molecule has 0 spiro atoms. The van der Waals surface area contributed by atoms with Gasteiger partial charge in [-0.2, -0.15) is 0 Å². The van der Waals surface area contributed by atoms with Crippen molar-refractivity contribution in [3.8, 4) is 11.5 Å². The van der Waals surface area contributed by atoms with Crippen LogP contribution < -0.4 is 15.2 Å². The molecule has 0 atom stereocenters. The van der Waals surface area contributed by atoms with Gasteiger partial charge in [0.05, 0.1) is 18.8 Å². The summed E-state index contributed by atoms with van der Waals surface area (Å²) in [5.41, 5.74) is 6.26. The highest BCUT2D eigenvalue weighted by molar-refractivity contribution is 5.39. The Bertz CT molecular complexity index is 527. The Morgan fingerprint density at radius 3 is 2.45 bits per heavy atom. The van der Waals surface area contributed by atoms with Crippen LogP contribution in [0.25, 0.3) is 0 Å². The molecule has 20 heavy (non-hydrogen) atoms. The van der Waals surface area contributed by atoms with Gasteiger partial charge in [0, 0.05) is 12.7 Å².